The molecular weight excluding hydrogens is 198 g/mol. The summed E-state index contributed by atoms with van der Waals surface area (Å²) in [7, 11) is 0. The smallest absolute Gasteiger partial charge is 0.0584 e. The van der Waals surface area contributed by atoms with E-state index in [2.05, 4.69) is 26.1 Å². The Labute approximate surface area is 102 Å². The van der Waals surface area contributed by atoms with Gasteiger partial charge in [0.2, 0.25) is 0 Å². The van der Waals surface area contributed by atoms with Crippen LogP contribution < -0.4 is 5.32 Å². The molecule has 0 bridgehead atoms. The molecule has 0 amide bonds. The summed E-state index contributed by atoms with van der Waals surface area (Å²) in [5, 5.41) is 12.6. The van der Waals surface area contributed by atoms with Gasteiger partial charge >= 0.3 is 0 Å². The van der Waals surface area contributed by atoms with Gasteiger partial charge in [-0.2, -0.15) is 0 Å². The van der Waals surface area contributed by atoms with E-state index in [1.54, 1.807) is 0 Å². The van der Waals surface area contributed by atoms with E-state index in [-0.39, 0.29) is 6.61 Å². The van der Waals surface area contributed by atoms with E-state index in [1.807, 2.05) is 0 Å². The number of unbranched alkanes of at least 4 members (excludes halogenated alkanes) is 5. The maximum absolute atomic E-state index is 9.19. The lowest BCUT2D eigenvalue weighted by Gasteiger charge is -2.18. The van der Waals surface area contributed by atoms with Gasteiger partial charge in [0, 0.05) is 6.04 Å². The van der Waals surface area contributed by atoms with Crippen LogP contribution in [0.15, 0.2) is 0 Å². The topological polar surface area (TPSA) is 32.3 Å². The van der Waals surface area contributed by atoms with Crippen molar-refractivity contribution in [2.75, 3.05) is 13.2 Å². The van der Waals surface area contributed by atoms with Crippen molar-refractivity contribution in [1.29, 1.82) is 0 Å². The summed E-state index contributed by atoms with van der Waals surface area (Å²) in [6, 6.07) is 0.302. The van der Waals surface area contributed by atoms with Crippen molar-refractivity contribution in [2.24, 2.45) is 5.92 Å². The van der Waals surface area contributed by atoms with Gasteiger partial charge in [0.1, 0.15) is 0 Å². The van der Waals surface area contributed by atoms with Gasteiger partial charge in [-0.1, -0.05) is 52.9 Å². The first-order valence-electron chi connectivity index (χ1n) is 7.05. The highest BCUT2D eigenvalue weighted by Gasteiger charge is 2.07. The summed E-state index contributed by atoms with van der Waals surface area (Å²) >= 11 is 0. The van der Waals surface area contributed by atoms with E-state index >= 15 is 0 Å². The van der Waals surface area contributed by atoms with Gasteiger partial charge in [0.15, 0.2) is 0 Å². The van der Waals surface area contributed by atoms with Gasteiger partial charge in [-0.05, 0) is 25.3 Å². The van der Waals surface area contributed by atoms with E-state index in [4.69, 9.17) is 0 Å². The first-order valence-corrected chi connectivity index (χ1v) is 7.05. The lowest BCUT2D eigenvalue weighted by molar-refractivity contribution is 0.224. The molecule has 0 aliphatic heterocycles. The predicted octanol–water partition coefficient (Wildman–Crippen LogP) is 3.34. The summed E-state index contributed by atoms with van der Waals surface area (Å²) in [6.07, 6.45) is 9.09. The average molecular weight is 229 g/mol. The molecule has 16 heavy (non-hydrogen) atoms. The molecule has 0 rings (SSSR count). The molecule has 0 aromatic heterocycles. The molecule has 2 nitrogen and oxygen atoms in total. The number of aliphatic hydroxyl groups is 1. The number of rotatable bonds is 11. The van der Waals surface area contributed by atoms with E-state index in [0.717, 1.165) is 13.0 Å². The zero-order valence-electron chi connectivity index (χ0n) is 11.5. The predicted molar refractivity (Wildman–Crippen MR) is 71.7 cm³/mol. The Bertz CT molecular complexity index is 137. The molecule has 0 aliphatic rings. The molecule has 1 unspecified atom stereocenters. The van der Waals surface area contributed by atoms with E-state index in [9.17, 15) is 5.11 Å². The van der Waals surface area contributed by atoms with Gasteiger partial charge in [-0.25, -0.2) is 0 Å². The van der Waals surface area contributed by atoms with Crippen LogP contribution in [0.25, 0.3) is 0 Å². The molecule has 0 aromatic rings. The molecule has 1 atom stereocenters. The van der Waals surface area contributed by atoms with Gasteiger partial charge in [-0.3, -0.25) is 0 Å². The van der Waals surface area contributed by atoms with Crippen LogP contribution in [0.1, 0.15) is 65.7 Å². The van der Waals surface area contributed by atoms with E-state index < -0.39 is 0 Å². The van der Waals surface area contributed by atoms with Crippen molar-refractivity contribution in [1.82, 2.24) is 5.32 Å². The number of hydrogen-bond donors (Lipinski definition) is 2. The minimum Gasteiger partial charge on any atom is -0.395 e. The third kappa shape index (κ3) is 10.4. The first-order chi connectivity index (χ1) is 7.70. The maximum atomic E-state index is 9.19. The molecule has 0 fully saturated rings. The van der Waals surface area contributed by atoms with Crippen molar-refractivity contribution in [3.05, 3.63) is 0 Å². The second-order valence-electron chi connectivity index (χ2n) is 5.23. The SMILES string of the molecule is CCCCCCCCNC(CO)CC(C)C. The molecule has 2 heteroatoms. The zero-order chi connectivity index (χ0) is 12.2. The van der Waals surface area contributed by atoms with Crippen molar-refractivity contribution in [3.63, 3.8) is 0 Å². The summed E-state index contributed by atoms with van der Waals surface area (Å²) in [5.41, 5.74) is 0. The molecule has 0 saturated heterocycles. The maximum Gasteiger partial charge on any atom is 0.0584 e. The summed E-state index contributed by atoms with van der Waals surface area (Å²) in [4.78, 5) is 0. The van der Waals surface area contributed by atoms with Crippen LogP contribution in [0.3, 0.4) is 0 Å². The Kier molecular flexibility index (Phi) is 11.3. The molecule has 0 radical (unpaired) electrons. The Hall–Kier alpha value is -0.0800. The summed E-state index contributed by atoms with van der Waals surface area (Å²) in [6.45, 7) is 7.99. The first kappa shape index (κ1) is 15.9. The summed E-state index contributed by atoms with van der Waals surface area (Å²) < 4.78 is 0. The third-order valence-electron chi connectivity index (χ3n) is 2.94. The van der Waals surface area contributed by atoms with Crippen LogP contribution in [0.5, 0.6) is 0 Å². The Morgan fingerprint density at radius 1 is 1.00 bits per heavy atom. The Morgan fingerprint density at radius 2 is 1.62 bits per heavy atom. The van der Waals surface area contributed by atoms with Crippen molar-refractivity contribution >= 4 is 0 Å². The van der Waals surface area contributed by atoms with Gasteiger partial charge < -0.3 is 10.4 Å². The lowest BCUT2D eigenvalue weighted by Crippen LogP contribution is -2.34. The average Bonchev–Trinajstić information content (AvgIpc) is 2.25. The molecule has 0 aromatic carbocycles. The van der Waals surface area contributed by atoms with Crippen LogP contribution in [0.2, 0.25) is 0 Å². The molecular formula is C14H31NO. The van der Waals surface area contributed by atoms with Crippen LogP contribution in [-0.4, -0.2) is 24.3 Å². The normalized spacial score (nSPS) is 13.3. The second kappa shape index (κ2) is 11.4. The Morgan fingerprint density at radius 3 is 2.19 bits per heavy atom. The molecule has 0 heterocycles. The van der Waals surface area contributed by atoms with Gasteiger partial charge in [-0.15, -0.1) is 0 Å². The van der Waals surface area contributed by atoms with E-state index in [1.165, 1.54) is 38.5 Å². The standard InChI is InChI=1S/C14H31NO/c1-4-5-6-7-8-9-10-15-14(12-16)11-13(2)3/h13-16H,4-12H2,1-3H3. The second-order valence-corrected chi connectivity index (χ2v) is 5.23. The minimum absolute atomic E-state index is 0.272. The largest absolute Gasteiger partial charge is 0.395 e. The zero-order valence-corrected chi connectivity index (χ0v) is 11.5. The highest BCUT2D eigenvalue weighted by Crippen LogP contribution is 2.06. The fourth-order valence-electron chi connectivity index (χ4n) is 2.00. The third-order valence-corrected chi connectivity index (χ3v) is 2.94. The molecule has 0 spiro atoms. The summed E-state index contributed by atoms with van der Waals surface area (Å²) in [5.74, 6) is 0.661. The quantitative estimate of drug-likeness (QED) is 0.533. The monoisotopic (exact) mass is 229 g/mol. The molecule has 98 valence electrons. The highest BCUT2D eigenvalue weighted by atomic mass is 16.3. The number of hydrogen-bond acceptors (Lipinski definition) is 2. The number of nitrogens with one attached hydrogen (secondary N) is 1. The van der Waals surface area contributed by atoms with Crippen LogP contribution in [-0.2, 0) is 0 Å². The lowest BCUT2D eigenvalue weighted by atomic mass is 10.0. The Balaban J connectivity index is 3.27. The van der Waals surface area contributed by atoms with Crippen LogP contribution >= 0.6 is 0 Å². The fourth-order valence-corrected chi connectivity index (χ4v) is 2.00. The minimum atomic E-state index is 0.272. The van der Waals surface area contributed by atoms with Gasteiger partial charge in [0.25, 0.3) is 0 Å². The fraction of sp³-hybridized carbons (Fsp3) is 1.00. The molecule has 0 saturated carbocycles. The highest BCUT2D eigenvalue weighted by molar-refractivity contribution is 4.67. The van der Waals surface area contributed by atoms with E-state index in [0.29, 0.717) is 12.0 Å². The van der Waals surface area contributed by atoms with Gasteiger partial charge in [0.05, 0.1) is 6.61 Å². The van der Waals surface area contributed by atoms with Crippen LogP contribution in [0.4, 0.5) is 0 Å². The molecule has 0 aliphatic carbocycles. The van der Waals surface area contributed by atoms with Crippen molar-refractivity contribution in [2.45, 2.75) is 71.8 Å². The molecule has 2 N–H and O–H groups in total. The number of aliphatic hydroxyl groups excluding tert-OH is 1. The van der Waals surface area contributed by atoms with Crippen molar-refractivity contribution < 1.29 is 5.11 Å². The van der Waals surface area contributed by atoms with Crippen molar-refractivity contribution in [3.8, 4) is 0 Å². The van der Waals surface area contributed by atoms with Crippen LogP contribution in [0, 0.1) is 5.92 Å².